The molecule has 0 spiro atoms. The number of halogens is 2. The number of amides is 2. The third-order valence-corrected chi connectivity index (χ3v) is 7.46. The van der Waals surface area contributed by atoms with E-state index in [-0.39, 0.29) is 11.6 Å². The molecule has 0 bridgehead atoms. The van der Waals surface area contributed by atoms with Gasteiger partial charge in [0.1, 0.15) is 6.10 Å². The Morgan fingerprint density at radius 3 is 2.18 bits per heavy atom. The zero-order valence-electron chi connectivity index (χ0n) is 18.9. The summed E-state index contributed by atoms with van der Waals surface area (Å²) in [6.07, 6.45) is 1.68. The molecule has 3 atom stereocenters. The number of nitrogens with zero attached hydrogens (tertiary/aromatic N) is 1. The number of methoxy groups -OCH3 is 1. The first kappa shape index (κ1) is 24.5. The van der Waals surface area contributed by atoms with Gasteiger partial charge in [0.05, 0.1) is 13.0 Å². The summed E-state index contributed by atoms with van der Waals surface area (Å²) in [5.74, 6) is -4.27. The first-order valence-electron chi connectivity index (χ1n) is 11.4. The molecule has 1 heterocycles. The lowest BCUT2D eigenvalue weighted by Gasteiger charge is -2.33. The summed E-state index contributed by atoms with van der Waals surface area (Å²) in [4.78, 5) is 39.7. The third kappa shape index (κ3) is 4.41. The highest BCUT2D eigenvalue weighted by molar-refractivity contribution is 9.10. The van der Waals surface area contributed by atoms with Crippen molar-refractivity contribution in [2.75, 3.05) is 7.11 Å². The number of ether oxygens (including phenoxy) is 1. The number of carbonyl (C=O) groups is 3. The second-order valence-corrected chi connectivity index (χ2v) is 9.86. The fourth-order valence-electron chi connectivity index (χ4n) is 5.05. The molecular weight excluding hydrogens is 505 g/mol. The minimum absolute atomic E-state index is 0.116. The number of aliphatic hydroxyl groups excluding tert-OH is 1. The van der Waals surface area contributed by atoms with Crippen LogP contribution in [0.25, 0.3) is 11.1 Å². The van der Waals surface area contributed by atoms with E-state index in [1.807, 2.05) is 24.3 Å². The van der Waals surface area contributed by atoms with E-state index in [0.29, 0.717) is 12.8 Å². The second-order valence-electron chi connectivity index (χ2n) is 8.94. The maximum absolute atomic E-state index is 16.5. The van der Waals surface area contributed by atoms with Gasteiger partial charge in [-0.2, -0.15) is 0 Å². The summed E-state index contributed by atoms with van der Waals surface area (Å²) < 4.78 is 22.1. The summed E-state index contributed by atoms with van der Waals surface area (Å²) in [5, 5.41) is 11.0. The van der Waals surface area contributed by atoms with E-state index in [2.05, 4.69) is 20.7 Å². The van der Waals surface area contributed by atoms with Crippen molar-refractivity contribution in [2.45, 2.75) is 56.3 Å². The average molecular weight is 532 g/mol. The van der Waals surface area contributed by atoms with E-state index < -0.39 is 41.9 Å². The monoisotopic (exact) mass is 531 g/mol. The van der Waals surface area contributed by atoms with Crippen LogP contribution < -0.4 is 0 Å². The minimum atomic E-state index is -3.09. The number of hydrogen-bond acceptors (Lipinski definition) is 5. The molecule has 1 aliphatic heterocycles. The van der Waals surface area contributed by atoms with Gasteiger partial charge in [0.2, 0.25) is 17.5 Å². The molecule has 2 aromatic rings. The van der Waals surface area contributed by atoms with Crippen LogP contribution in [-0.2, 0) is 19.1 Å². The van der Waals surface area contributed by atoms with Crippen LogP contribution >= 0.6 is 15.9 Å². The van der Waals surface area contributed by atoms with Crippen molar-refractivity contribution in [1.29, 1.82) is 0 Å². The van der Waals surface area contributed by atoms with Gasteiger partial charge in [-0.05, 0) is 41.7 Å². The largest absolute Gasteiger partial charge is 0.467 e. The van der Waals surface area contributed by atoms with Crippen LogP contribution in [0.15, 0.2) is 53.0 Å². The lowest BCUT2D eigenvalue weighted by atomic mass is 9.80. The molecule has 0 aromatic heterocycles. The fourth-order valence-corrected chi connectivity index (χ4v) is 5.31. The first-order chi connectivity index (χ1) is 16.3. The molecule has 4 rings (SSSR count). The number of esters is 1. The molecule has 2 aromatic carbocycles. The standard InChI is InChI=1S/C26H27BrFNO5/c1-34-25(33)26(28,21-15-22(30)29(24(21)32)20-5-3-2-4-6-20)23(31)18-9-7-16(8-10-18)17-11-13-19(27)14-12-17/h7-14,20-21,23,31H,2-6,15H2,1H3/t21?,23-,26+/m1/s1. The zero-order valence-corrected chi connectivity index (χ0v) is 20.5. The molecule has 34 heavy (non-hydrogen) atoms. The van der Waals surface area contributed by atoms with Crippen molar-refractivity contribution >= 4 is 33.7 Å². The van der Waals surface area contributed by atoms with E-state index in [4.69, 9.17) is 0 Å². The van der Waals surface area contributed by atoms with E-state index >= 15 is 4.39 Å². The number of hydrogen-bond donors (Lipinski definition) is 1. The molecule has 2 fully saturated rings. The Morgan fingerprint density at radius 1 is 1.06 bits per heavy atom. The Hall–Kier alpha value is -2.58. The smallest absolute Gasteiger partial charge is 0.347 e. The van der Waals surface area contributed by atoms with Crippen LogP contribution in [0.5, 0.6) is 0 Å². The van der Waals surface area contributed by atoms with Gasteiger partial charge in [0.25, 0.3) is 0 Å². The molecule has 1 unspecified atom stereocenters. The van der Waals surface area contributed by atoms with Crippen molar-refractivity contribution in [2.24, 2.45) is 5.92 Å². The van der Waals surface area contributed by atoms with Gasteiger partial charge in [-0.25, -0.2) is 9.18 Å². The maximum atomic E-state index is 16.5. The van der Waals surface area contributed by atoms with Gasteiger partial charge in [-0.1, -0.05) is 71.6 Å². The topological polar surface area (TPSA) is 83.9 Å². The number of benzene rings is 2. The Bertz CT molecular complexity index is 1070. The first-order valence-corrected chi connectivity index (χ1v) is 12.2. The fraction of sp³-hybridized carbons (Fsp3) is 0.423. The Morgan fingerprint density at radius 2 is 1.62 bits per heavy atom. The molecule has 0 radical (unpaired) electrons. The third-order valence-electron chi connectivity index (χ3n) is 6.93. The molecule has 2 amide bonds. The highest BCUT2D eigenvalue weighted by Gasteiger charge is 2.62. The number of carbonyl (C=O) groups excluding carboxylic acids is 3. The van der Waals surface area contributed by atoms with Crippen molar-refractivity contribution in [3.8, 4) is 11.1 Å². The SMILES string of the molecule is COC(=O)[C@](F)(C1CC(=O)N(C2CCCCC2)C1=O)[C@H](O)c1ccc(-c2ccc(Br)cc2)cc1. The maximum Gasteiger partial charge on any atom is 0.347 e. The lowest BCUT2D eigenvalue weighted by molar-refractivity contribution is -0.174. The van der Waals surface area contributed by atoms with Crippen LogP contribution in [0, 0.1) is 5.92 Å². The van der Waals surface area contributed by atoms with Crippen LogP contribution in [0.2, 0.25) is 0 Å². The van der Waals surface area contributed by atoms with Crippen LogP contribution in [-0.4, -0.2) is 46.6 Å². The van der Waals surface area contributed by atoms with Crippen LogP contribution in [0.4, 0.5) is 4.39 Å². The lowest BCUT2D eigenvalue weighted by Crippen LogP contribution is -2.51. The summed E-state index contributed by atoms with van der Waals surface area (Å²) in [5.41, 5.74) is -1.22. The van der Waals surface area contributed by atoms with Gasteiger partial charge in [0.15, 0.2) is 0 Å². The minimum Gasteiger partial charge on any atom is -0.467 e. The zero-order chi connectivity index (χ0) is 24.5. The Kier molecular flexibility index (Phi) is 7.19. The molecular formula is C26H27BrFNO5. The van der Waals surface area contributed by atoms with Crippen molar-refractivity contribution in [1.82, 2.24) is 4.90 Å². The van der Waals surface area contributed by atoms with E-state index in [1.165, 1.54) is 12.1 Å². The van der Waals surface area contributed by atoms with E-state index in [1.54, 1.807) is 12.1 Å². The number of rotatable bonds is 6. The number of alkyl halides is 1. The predicted octanol–water partition coefficient (Wildman–Crippen LogP) is 4.74. The second kappa shape index (κ2) is 9.96. The van der Waals surface area contributed by atoms with Crippen molar-refractivity contribution in [3.63, 3.8) is 0 Å². The summed E-state index contributed by atoms with van der Waals surface area (Å²) >= 11 is 3.39. The summed E-state index contributed by atoms with van der Waals surface area (Å²) in [6, 6.07) is 13.7. The molecule has 6 nitrogen and oxygen atoms in total. The van der Waals surface area contributed by atoms with Crippen molar-refractivity contribution < 1.29 is 28.6 Å². The molecule has 1 saturated heterocycles. The van der Waals surface area contributed by atoms with Gasteiger partial charge < -0.3 is 9.84 Å². The highest BCUT2D eigenvalue weighted by atomic mass is 79.9. The molecule has 180 valence electrons. The van der Waals surface area contributed by atoms with Gasteiger partial charge in [-0.3, -0.25) is 14.5 Å². The molecule has 8 heteroatoms. The average Bonchev–Trinajstić information content (AvgIpc) is 3.17. The number of imide groups is 1. The molecule has 2 aliphatic rings. The van der Waals surface area contributed by atoms with Crippen LogP contribution in [0.1, 0.15) is 50.2 Å². The van der Waals surface area contributed by atoms with E-state index in [9.17, 15) is 19.5 Å². The predicted molar refractivity (Wildman–Crippen MR) is 127 cm³/mol. The van der Waals surface area contributed by atoms with Gasteiger partial charge >= 0.3 is 5.97 Å². The van der Waals surface area contributed by atoms with Crippen LogP contribution in [0.3, 0.4) is 0 Å². The van der Waals surface area contributed by atoms with Gasteiger partial charge in [-0.15, -0.1) is 0 Å². The van der Waals surface area contributed by atoms with E-state index in [0.717, 1.165) is 46.9 Å². The normalized spacial score (nSPS) is 21.9. The number of likely N-dealkylation sites (tertiary alicyclic amines) is 1. The summed E-state index contributed by atoms with van der Waals surface area (Å²) in [6.45, 7) is 0. The number of aliphatic hydroxyl groups is 1. The molecule has 1 N–H and O–H groups in total. The van der Waals surface area contributed by atoms with Gasteiger partial charge in [0, 0.05) is 16.9 Å². The Labute approximate surface area is 206 Å². The van der Waals surface area contributed by atoms with Crippen molar-refractivity contribution in [3.05, 3.63) is 58.6 Å². The molecule has 1 saturated carbocycles. The summed E-state index contributed by atoms with van der Waals surface area (Å²) in [7, 11) is 1.00. The Balaban J connectivity index is 1.63. The quantitative estimate of drug-likeness (QED) is 0.430. The highest BCUT2D eigenvalue weighted by Crippen LogP contribution is 2.44. The molecule has 1 aliphatic carbocycles.